The number of aromatic hydroxyl groups is 1. The second-order valence-electron chi connectivity index (χ2n) is 4.80. The normalized spacial score (nSPS) is 25.4. The molecule has 1 aliphatic heterocycles. The molecule has 1 aromatic rings. The quantitative estimate of drug-likeness (QED) is 0.619. The van der Waals surface area contributed by atoms with Crippen LogP contribution in [0.3, 0.4) is 0 Å². The topological polar surface area (TPSA) is 92.9 Å². The summed E-state index contributed by atoms with van der Waals surface area (Å²) in [5, 5.41) is 9.35. The SMILES string of the molecule is CC1CN(S(=O)(=O)c2ccc(O)c(N)c2)CC(C)O1. The summed E-state index contributed by atoms with van der Waals surface area (Å²) in [6.07, 6.45) is -0.291. The number of nitrogens with two attached hydrogens (primary N) is 1. The highest BCUT2D eigenvalue weighted by Gasteiger charge is 2.32. The molecule has 1 fully saturated rings. The van der Waals surface area contributed by atoms with Crippen molar-refractivity contribution in [3.05, 3.63) is 18.2 Å². The van der Waals surface area contributed by atoms with Crippen LogP contribution in [0.4, 0.5) is 5.69 Å². The predicted octanol–water partition coefficient (Wildman–Crippen LogP) is 0.772. The number of anilines is 1. The van der Waals surface area contributed by atoms with E-state index in [4.69, 9.17) is 10.5 Å². The van der Waals surface area contributed by atoms with Crippen molar-refractivity contribution in [2.45, 2.75) is 31.0 Å². The molecule has 6 nitrogen and oxygen atoms in total. The summed E-state index contributed by atoms with van der Waals surface area (Å²) in [7, 11) is -3.60. The molecule has 1 aromatic carbocycles. The van der Waals surface area contributed by atoms with E-state index in [0.717, 1.165) is 0 Å². The maximum absolute atomic E-state index is 12.5. The average molecular weight is 286 g/mol. The minimum absolute atomic E-state index is 0.0513. The van der Waals surface area contributed by atoms with Gasteiger partial charge < -0.3 is 15.6 Å². The van der Waals surface area contributed by atoms with Crippen LogP contribution in [0, 0.1) is 0 Å². The summed E-state index contributed by atoms with van der Waals surface area (Å²) in [6, 6.07) is 3.91. The Morgan fingerprint density at radius 3 is 2.42 bits per heavy atom. The van der Waals surface area contributed by atoms with Gasteiger partial charge in [0, 0.05) is 13.1 Å². The van der Waals surface area contributed by atoms with Gasteiger partial charge in [0.2, 0.25) is 10.0 Å². The van der Waals surface area contributed by atoms with Crippen LogP contribution in [0.15, 0.2) is 23.1 Å². The Morgan fingerprint density at radius 1 is 1.32 bits per heavy atom. The number of phenols is 1. The lowest BCUT2D eigenvalue weighted by Crippen LogP contribution is -2.48. The Morgan fingerprint density at radius 2 is 1.89 bits per heavy atom. The number of benzene rings is 1. The van der Waals surface area contributed by atoms with Crippen molar-refractivity contribution in [2.24, 2.45) is 0 Å². The van der Waals surface area contributed by atoms with E-state index in [1.807, 2.05) is 13.8 Å². The van der Waals surface area contributed by atoms with E-state index >= 15 is 0 Å². The maximum Gasteiger partial charge on any atom is 0.243 e. The molecule has 1 saturated heterocycles. The number of phenolic OH excluding ortho intramolecular Hbond substituents is 1. The fraction of sp³-hybridized carbons (Fsp3) is 0.500. The first-order valence-corrected chi connectivity index (χ1v) is 7.49. The van der Waals surface area contributed by atoms with Gasteiger partial charge in [-0.3, -0.25) is 0 Å². The minimum atomic E-state index is -3.60. The van der Waals surface area contributed by atoms with Crippen LogP contribution in [0.1, 0.15) is 13.8 Å². The number of morpholine rings is 1. The van der Waals surface area contributed by atoms with Crippen molar-refractivity contribution >= 4 is 15.7 Å². The van der Waals surface area contributed by atoms with Crippen molar-refractivity contribution in [1.82, 2.24) is 4.31 Å². The van der Waals surface area contributed by atoms with E-state index < -0.39 is 10.0 Å². The Kier molecular flexibility index (Phi) is 3.71. The number of ether oxygens (including phenoxy) is 1. The molecule has 1 aliphatic rings. The van der Waals surface area contributed by atoms with Crippen LogP contribution in [-0.2, 0) is 14.8 Å². The molecular weight excluding hydrogens is 268 g/mol. The monoisotopic (exact) mass is 286 g/mol. The number of nitrogen functional groups attached to an aromatic ring is 1. The van der Waals surface area contributed by atoms with Gasteiger partial charge >= 0.3 is 0 Å². The zero-order valence-corrected chi connectivity index (χ0v) is 11.7. The number of hydrogen-bond acceptors (Lipinski definition) is 5. The minimum Gasteiger partial charge on any atom is -0.506 e. The molecule has 2 rings (SSSR count). The summed E-state index contributed by atoms with van der Waals surface area (Å²) in [5.41, 5.74) is 5.60. The van der Waals surface area contributed by atoms with Gasteiger partial charge in [-0.25, -0.2) is 8.42 Å². The number of sulfonamides is 1. The Hall–Kier alpha value is -1.31. The summed E-state index contributed by atoms with van der Waals surface area (Å²) in [4.78, 5) is 0.0871. The fourth-order valence-electron chi connectivity index (χ4n) is 2.17. The lowest BCUT2D eigenvalue weighted by atomic mass is 10.3. The summed E-state index contributed by atoms with van der Waals surface area (Å²) >= 11 is 0. The van der Waals surface area contributed by atoms with Crippen LogP contribution >= 0.6 is 0 Å². The summed E-state index contributed by atoms with van der Waals surface area (Å²) in [5.74, 6) is -0.123. The molecule has 0 spiro atoms. The third-order valence-electron chi connectivity index (χ3n) is 3.02. The summed E-state index contributed by atoms with van der Waals surface area (Å²) in [6.45, 7) is 4.30. The first-order valence-electron chi connectivity index (χ1n) is 6.05. The van der Waals surface area contributed by atoms with E-state index in [2.05, 4.69) is 0 Å². The highest BCUT2D eigenvalue weighted by molar-refractivity contribution is 7.89. The second-order valence-corrected chi connectivity index (χ2v) is 6.74. The molecule has 0 radical (unpaired) electrons. The molecular formula is C12H18N2O4S. The average Bonchev–Trinajstić information content (AvgIpc) is 2.31. The van der Waals surface area contributed by atoms with E-state index in [1.165, 1.54) is 22.5 Å². The third kappa shape index (κ3) is 2.83. The molecule has 0 saturated carbocycles. The second kappa shape index (κ2) is 4.99. The maximum atomic E-state index is 12.5. The predicted molar refractivity (Wildman–Crippen MR) is 71.3 cm³/mol. The van der Waals surface area contributed by atoms with Crippen molar-refractivity contribution in [1.29, 1.82) is 0 Å². The molecule has 0 amide bonds. The van der Waals surface area contributed by atoms with Crippen LogP contribution in [0.2, 0.25) is 0 Å². The molecule has 2 unspecified atom stereocenters. The first-order chi connectivity index (χ1) is 8.80. The van der Waals surface area contributed by atoms with Gasteiger partial charge in [-0.1, -0.05) is 0 Å². The Labute approximate surface area is 112 Å². The van der Waals surface area contributed by atoms with Crippen molar-refractivity contribution in [2.75, 3.05) is 18.8 Å². The molecule has 1 heterocycles. The van der Waals surface area contributed by atoms with Crippen LogP contribution in [0.5, 0.6) is 5.75 Å². The van der Waals surface area contributed by atoms with Crippen molar-refractivity contribution in [3.63, 3.8) is 0 Å². The Bertz CT molecular complexity index is 563. The van der Waals surface area contributed by atoms with Crippen LogP contribution < -0.4 is 5.73 Å². The smallest absolute Gasteiger partial charge is 0.243 e. The van der Waals surface area contributed by atoms with E-state index in [0.29, 0.717) is 13.1 Å². The number of hydrogen-bond donors (Lipinski definition) is 2. The molecule has 0 aliphatic carbocycles. The van der Waals surface area contributed by atoms with Gasteiger partial charge in [-0.15, -0.1) is 0 Å². The van der Waals surface area contributed by atoms with Crippen LogP contribution in [-0.4, -0.2) is 43.1 Å². The molecule has 7 heteroatoms. The Balaban J connectivity index is 2.33. The molecule has 106 valence electrons. The largest absolute Gasteiger partial charge is 0.506 e. The molecule has 19 heavy (non-hydrogen) atoms. The lowest BCUT2D eigenvalue weighted by molar-refractivity contribution is -0.0440. The van der Waals surface area contributed by atoms with E-state index in [1.54, 1.807) is 0 Å². The van der Waals surface area contributed by atoms with E-state index in [-0.39, 0.29) is 28.5 Å². The lowest BCUT2D eigenvalue weighted by Gasteiger charge is -2.34. The summed E-state index contributed by atoms with van der Waals surface area (Å²) < 4.78 is 31.9. The third-order valence-corrected chi connectivity index (χ3v) is 4.85. The highest BCUT2D eigenvalue weighted by Crippen LogP contribution is 2.26. The van der Waals surface area contributed by atoms with Crippen LogP contribution in [0.25, 0.3) is 0 Å². The molecule has 2 atom stereocenters. The highest BCUT2D eigenvalue weighted by atomic mass is 32.2. The zero-order valence-electron chi connectivity index (χ0n) is 10.9. The zero-order chi connectivity index (χ0) is 14.2. The van der Waals surface area contributed by atoms with Gasteiger partial charge in [0.1, 0.15) is 5.75 Å². The van der Waals surface area contributed by atoms with Gasteiger partial charge in [0.25, 0.3) is 0 Å². The number of nitrogens with zero attached hydrogens (tertiary/aromatic N) is 1. The molecule has 0 bridgehead atoms. The van der Waals surface area contributed by atoms with Gasteiger partial charge in [-0.05, 0) is 32.0 Å². The first kappa shape index (κ1) is 14.1. The van der Waals surface area contributed by atoms with Gasteiger partial charge in [-0.2, -0.15) is 4.31 Å². The van der Waals surface area contributed by atoms with Gasteiger partial charge in [0.05, 0.1) is 22.8 Å². The molecule has 0 aromatic heterocycles. The standard InChI is InChI=1S/C12H18N2O4S/c1-8-6-14(7-9(2)18-8)19(16,17)10-3-4-12(15)11(13)5-10/h3-5,8-9,15H,6-7,13H2,1-2H3. The molecule has 3 N–H and O–H groups in total. The van der Waals surface area contributed by atoms with Gasteiger partial charge in [0.15, 0.2) is 0 Å². The fourth-order valence-corrected chi connectivity index (χ4v) is 3.80. The van der Waals surface area contributed by atoms with E-state index in [9.17, 15) is 13.5 Å². The van der Waals surface area contributed by atoms with Crippen molar-refractivity contribution < 1.29 is 18.3 Å². The van der Waals surface area contributed by atoms with Crippen molar-refractivity contribution in [3.8, 4) is 5.75 Å². The number of rotatable bonds is 2.